The normalized spacial score (nSPS) is 10.3. The third kappa shape index (κ3) is 2.55. The zero-order valence-corrected chi connectivity index (χ0v) is 10.3. The van der Waals surface area contributed by atoms with E-state index in [1.807, 2.05) is 26.1 Å². The molecular formula is C12H16N4O. The van der Waals surface area contributed by atoms with Crippen LogP contribution in [0.15, 0.2) is 29.0 Å². The van der Waals surface area contributed by atoms with Crippen LogP contribution in [0.4, 0.5) is 11.8 Å². The number of hydrogen-bond donors (Lipinski definition) is 1. The molecule has 2 aromatic heterocycles. The molecule has 0 unspecified atom stereocenters. The Morgan fingerprint density at radius 1 is 1.41 bits per heavy atom. The number of hydrogen-bond acceptors (Lipinski definition) is 5. The van der Waals surface area contributed by atoms with Crippen molar-refractivity contribution in [2.45, 2.75) is 13.5 Å². The van der Waals surface area contributed by atoms with Gasteiger partial charge < -0.3 is 14.6 Å². The first-order valence-electron chi connectivity index (χ1n) is 5.45. The maximum Gasteiger partial charge on any atom is 0.224 e. The Morgan fingerprint density at radius 2 is 2.24 bits per heavy atom. The van der Waals surface area contributed by atoms with Gasteiger partial charge in [0.25, 0.3) is 0 Å². The maximum absolute atomic E-state index is 5.27. The van der Waals surface area contributed by atoms with E-state index in [0.29, 0.717) is 5.95 Å². The van der Waals surface area contributed by atoms with Crippen molar-refractivity contribution in [3.63, 3.8) is 0 Å². The molecule has 17 heavy (non-hydrogen) atoms. The number of aryl methyl sites for hydroxylation is 1. The fourth-order valence-corrected chi connectivity index (χ4v) is 1.59. The molecule has 90 valence electrons. The molecule has 0 aromatic carbocycles. The highest BCUT2D eigenvalue weighted by molar-refractivity contribution is 5.42. The van der Waals surface area contributed by atoms with Crippen molar-refractivity contribution in [1.82, 2.24) is 9.97 Å². The van der Waals surface area contributed by atoms with Crippen LogP contribution in [0, 0.1) is 6.92 Å². The van der Waals surface area contributed by atoms with E-state index in [2.05, 4.69) is 20.2 Å². The molecule has 2 heterocycles. The monoisotopic (exact) mass is 232 g/mol. The van der Waals surface area contributed by atoms with Crippen LogP contribution in [0.2, 0.25) is 0 Å². The minimum Gasteiger partial charge on any atom is -0.469 e. The molecule has 0 aliphatic rings. The molecule has 1 N–H and O–H groups in total. The van der Waals surface area contributed by atoms with Crippen molar-refractivity contribution in [3.05, 3.63) is 35.9 Å². The second-order valence-corrected chi connectivity index (χ2v) is 3.85. The number of anilines is 2. The molecule has 5 heteroatoms. The number of rotatable bonds is 4. The van der Waals surface area contributed by atoms with Crippen molar-refractivity contribution in [2.24, 2.45) is 0 Å². The smallest absolute Gasteiger partial charge is 0.224 e. The topological polar surface area (TPSA) is 54.2 Å². The highest BCUT2D eigenvalue weighted by Crippen LogP contribution is 2.16. The zero-order valence-electron chi connectivity index (χ0n) is 10.3. The van der Waals surface area contributed by atoms with Gasteiger partial charge in [-0.25, -0.2) is 4.98 Å². The molecule has 0 radical (unpaired) electrons. The molecule has 0 spiro atoms. The predicted molar refractivity (Wildman–Crippen MR) is 67.1 cm³/mol. The third-order valence-corrected chi connectivity index (χ3v) is 2.63. The van der Waals surface area contributed by atoms with Gasteiger partial charge in [-0.15, -0.1) is 0 Å². The molecule has 0 amide bonds. The van der Waals surface area contributed by atoms with Crippen LogP contribution in [0.25, 0.3) is 0 Å². The summed E-state index contributed by atoms with van der Waals surface area (Å²) in [5.41, 5.74) is 1.16. The van der Waals surface area contributed by atoms with Crippen molar-refractivity contribution in [3.8, 4) is 0 Å². The summed E-state index contributed by atoms with van der Waals surface area (Å²) in [7, 11) is 3.80. The highest BCUT2D eigenvalue weighted by atomic mass is 16.3. The van der Waals surface area contributed by atoms with E-state index < -0.39 is 0 Å². The van der Waals surface area contributed by atoms with E-state index in [1.165, 1.54) is 0 Å². The van der Waals surface area contributed by atoms with Crippen LogP contribution in [0.5, 0.6) is 0 Å². The van der Waals surface area contributed by atoms with E-state index >= 15 is 0 Å². The van der Waals surface area contributed by atoms with Gasteiger partial charge in [-0.1, -0.05) is 0 Å². The Morgan fingerprint density at radius 3 is 2.88 bits per heavy atom. The largest absolute Gasteiger partial charge is 0.469 e. The van der Waals surface area contributed by atoms with Crippen LogP contribution in [0.3, 0.4) is 0 Å². The highest BCUT2D eigenvalue weighted by Gasteiger charge is 2.08. The van der Waals surface area contributed by atoms with Crippen LogP contribution in [-0.2, 0) is 6.54 Å². The Bertz CT molecular complexity index is 495. The fourth-order valence-electron chi connectivity index (χ4n) is 1.59. The zero-order chi connectivity index (χ0) is 12.3. The van der Waals surface area contributed by atoms with Crippen LogP contribution in [-0.4, -0.2) is 24.1 Å². The molecule has 0 bridgehead atoms. The lowest BCUT2D eigenvalue weighted by molar-refractivity contribution is 0.529. The minimum absolute atomic E-state index is 0.623. The van der Waals surface area contributed by atoms with E-state index in [4.69, 9.17) is 4.42 Å². The van der Waals surface area contributed by atoms with Crippen LogP contribution in [0.1, 0.15) is 11.3 Å². The molecule has 2 aromatic rings. The van der Waals surface area contributed by atoms with Crippen LogP contribution >= 0.6 is 0 Å². The number of nitrogens with zero attached hydrogens (tertiary/aromatic N) is 3. The number of furan rings is 1. The van der Waals surface area contributed by atoms with Gasteiger partial charge in [-0.2, -0.15) is 4.98 Å². The predicted octanol–water partition coefficient (Wildman–Crippen LogP) is 2.06. The molecule has 0 atom stereocenters. The van der Waals surface area contributed by atoms with Gasteiger partial charge in [0.15, 0.2) is 0 Å². The molecule has 5 nitrogen and oxygen atoms in total. The first kappa shape index (κ1) is 11.4. The maximum atomic E-state index is 5.27. The summed E-state index contributed by atoms with van der Waals surface area (Å²) in [6, 6.07) is 3.86. The lowest BCUT2D eigenvalue weighted by atomic mass is 10.2. The Hall–Kier alpha value is -2.04. The average molecular weight is 232 g/mol. The van der Waals surface area contributed by atoms with Gasteiger partial charge in [-0.3, -0.25) is 0 Å². The van der Waals surface area contributed by atoms with Crippen LogP contribution < -0.4 is 10.2 Å². The summed E-state index contributed by atoms with van der Waals surface area (Å²) in [4.78, 5) is 10.5. The number of aromatic nitrogens is 2. The summed E-state index contributed by atoms with van der Waals surface area (Å²) < 4.78 is 5.27. The van der Waals surface area contributed by atoms with Crippen molar-refractivity contribution in [2.75, 3.05) is 24.3 Å². The summed E-state index contributed by atoms with van der Waals surface area (Å²) in [6.45, 7) is 2.73. The third-order valence-electron chi connectivity index (χ3n) is 2.63. The van der Waals surface area contributed by atoms with E-state index in [0.717, 1.165) is 23.7 Å². The Balaban J connectivity index is 2.14. The van der Waals surface area contributed by atoms with E-state index in [1.54, 1.807) is 19.5 Å². The lowest BCUT2D eigenvalue weighted by Crippen LogP contribution is -2.18. The summed E-state index contributed by atoms with van der Waals surface area (Å²) in [5.74, 6) is 2.45. The Labute approximate surface area is 100 Å². The van der Waals surface area contributed by atoms with Gasteiger partial charge in [0.1, 0.15) is 11.6 Å². The van der Waals surface area contributed by atoms with E-state index in [-0.39, 0.29) is 0 Å². The first-order chi connectivity index (χ1) is 8.20. The summed E-state index contributed by atoms with van der Waals surface area (Å²) in [5, 5.41) is 2.93. The lowest BCUT2D eigenvalue weighted by Gasteiger charge is -2.17. The molecule has 2 rings (SSSR count). The summed E-state index contributed by atoms with van der Waals surface area (Å²) >= 11 is 0. The standard InChI is InChI=1S/C12H16N4O/c1-9-10(5-7-17-9)8-16(3)11-4-6-14-12(13-2)15-11/h4-7H,8H2,1-3H3,(H,13,14,15). The molecular weight excluding hydrogens is 216 g/mol. The second-order valence-electron chi connectivity index (χ2n) is 3.85. The van der Waals surface area contributed by atoms with Gasteiger partial charge in [0.2, 0.25) is 5.95 Å². The average Bonchev–Trinajstić information content (AvgIpc) is 2.75. The number of nitrogens with one attached hydrogen (secondary N) is 1. The minimum atomic E-state index is 0.623. The van der Waals surface area contributed by atoms with Gasteiger partial charge >= 0.3 is 0 Å². The van der Waals surface area contributed by atoms with Gasteiger partial charge in [-0.05, 0) is 19.1 Å². The molecule has 0 saturated carbocycles. The Kier molecular flexibility index (Phi) is 3.27. The quantitative estimate of drug-likeness (QED) is 0.874. The van der Waals surface area contributed by atoms with Gasteiger partial charge in [0, 0.05) is 32.4 Å². The molecule has 0 saturated heterocycles. The van der Waals surface area contributed by atoms with Crippen molar-refractivity contribution < 1.29 is 4.42 Å². The van der Waals surface area contributed by atoms with Crippen molar-refractivity contribution >= 4 is 11.8 Å². The van der Waals surface area contributed by atoms with E-state index in [9.17, 15) is 0 Å². The molecule has 0 fully saturated rings. The fraction of sp³-hybridized carbons (Fsp3) is 0.333. The van der Waals surface area contributed by atoms with Gasteiger partial charge in [0.05, 0.1) is 6.26 Å². The second kappa shape index (κ2) is 4.86. The summed E-state index contributed by atoms with van der Waals surface area (Å²) in [6.07, 6.45) is 3.45. The first-order valence-corrected chi connectivity index (χ1v) is 5.45. The SMILES string of the molecule is CNc1nccc(N(C)Cc2ccoc2C)n1. The molecule has 0 aliphatic heterocycles. The molecule has 0 aliphatic carbocycles. The van der Waals surface area contributed by atoms with Crippen molar-refractivity contribution in [1.29, 1.82) is 0 Å².